The van der Waals surface area contributed by atoms with Crippen LogP contribution < -0.4 is 15.8 Å². The lowest BCUT2D eigenvalue weighted by Gasteiger charge is -2.24. The lowest BCUT2D eigenvalue weighted by molar-refractivity contribution is -0.124. The van der Waals surface area contributed by atoms with Gasteiger partial charge in [0.2, 0.25) is 0 Å². The fraction of sp³-hybridized carbons (Fsp3) is 0.533. The Kier molecular flexibility index (Phi) is 5.36. The first-order valence-electron chi connectivity index (χ1n) is 6.63. The number of carbonyl (C=O) groups is 1. The summed E-state index contributed by atoms with van der Waals surface area (Å²) < 4.78 is 5.48. The number of ether oxygens (including phenoxy) is 1. The van der Waals surface area contributed by atoms with Gasteiger partial charge in [-0.15, -0.1) is 0 Å². The highest BCUT2D eigenvalue weighted by atomic mass is 16.5. The summed E-state index contributed by atoms with van der Waals surface area (Å²) in [7, 11) is 0. The van der Waals surface area contributed by atoms with Gasteiger partial charge in [-0.05, 0) is 44.9 Å². The largest absolute Gasteiger partial charge is 0.484 e. The smallest absolute Gasteiger partial charge is 0.258 e. The van der Waals surface area contributed by atoms with E-state index >= 15 is 0 Å². The summed E-state index contributed by atoms with van der Waals surface area (Å²) in [5.74, 6) is 0.553. The number of amides is 1. The van der Waals surface area contributed by atoms with Crippen LogP contribution in [0.5, 0.6) is 5.75 Å². The van der Waals surface area contributed by atoms with Gasteiger partial charge >= 0.3 is 0 Å². The molecule has 0 aliphatic rings. The molecule has 1 atom stereocenters. The van der Waals surface area contributed by atoms with E-state index in [2.05, 4.69) is 5.32 Å². The maximum absolute atomic E-state index is 11.7. The van der Waals surface area contributed by atoms with Crippen molar-refractivity contribution < 1.29 is 9.53 Å². The molecule has 1 aromatic carbocycles. The van der Waals surface area contributed by atoms with Gasteiger partial charge in [-0.2, -0.15) is 0 Å². The lowest BCUT2D eigenvalue weighted by Crippen LogP contribution is -2.44. The van der Waals surface area contributed by atoms with E-state index < -0.39 is 0 Å². The van der Waals surface area contributed by atoms with Crippen LogP contribution in [0.25, 0.3) is 0 Å². The third-order valence-electron chi connectivity index (χ3n) is 3.12. The van der Waals surface area contributed by atoms with E-state index in [0.717, 1.165) is 12.0 Å². The predicted molar refractivity (Wildman–Crippen MR) is 77.1 cm³/mol. The molecular formula is C15H24N2O2. The Bertz CT molecular complexity index is 428. The van der Waals surface area contributed by atoms with Gasteiger partial charge in [0.15, 0.2) is 6.61 Å². The Morgan fingerprint density at radius 3 is 2.74 bits per heavy atom. The summed E-state index contributed by atoms with van der Waals surface area (Å²) in [6.45, 7) is 7.94. The molecule has 1 unspecified atom stereocenters. The fourth-order valence-corrected chi connectivity index (χ4v) is 1.54. The van der Waals surface area contributed by atoms with Crippen LogP contribution in [0.3, 0.4) is 0 Å². The first-order chi connectivity index (χ1) is 8.84. The van der Waals surface area contributed by atoms with Gasteiger partial charge in [0.25, 0.3) is 5.91 Å². The number of hydrogen-bond acceptors (Lipinski definition) is 3. The highest BCUT2D eigenvalue weighted by Crippen LogP contribution is 2.17. The minimum Gasteiger partial charge on any atom is -0.484 e. The topological polar surface area (TPSA) is 64.3 Å². The molecule has 0 heterocycles. The number of carbonyl (C=O) groups excluding carboxylic acids is 1. The van der Waals surface area contributed by atoms with Crippen LogP contribution in [0.1, 0.15) is 45.7 Å². The van der Waals surface area contributed by atoms with Crippen molar-refractivity contribution in [2.24, 2.45) is 5.73 Å². The molecule has 0 saturated carbocycles. The normalized spacial score (nSPS) is 12.9. The van der Waals surface area contributed by atoms with Crippen molar-refractivity contribution in [3.63, 3.8) is 0 Å². The Morgan fingerprint density at radius 2 is 2.16 bits per heavy atom. The second-order valence-electron chi connectivity index (χ2n) is 5.44. The summed E-state index contributed by atoms with van der Waals surface area (Å²) in [4.78, 5) is 11.7. The highest BCUT2D eigenvalue weighted by Gasteiger charge is 2.17. The van der Waals surface area contributed by atoms with Gasteiger partial charge in [-0.25, -0.2) is 0 Å². The summed E-state index contributed by atoms with van der Waals surface area (Å²) in [6.07, 6.45) is 0.874. The number of nitrogens with one attached hydrogen (secondary N) is 1. The molecule has 1 aromatic rings. The monoisotopic (exact) mass is 264 g/mol. The molecule has 0 radical (unpaired) electrons. The fourth-order valence-electron chi connectivity index (χ4n) is 1.54. The van der Waals surface area contributed by atoms with E-state index in [9.17, 15) is 4.79 Å². The Labute approximate surface area is 115 Å². The molecular weight excluding hydrogens is 240 g/mol. The van der Waals surface area contributed by atoms with Crippen molar-refractivity contribution in [3.8, 4) is 5.75 Å². The summed E-state index contributed by atoms with van der Waals surface area (Å²) >= 11 is 0. The van der Waals surface area contributed by atoms with E-state index in [1.54, 1.807) is 0 Å². The predicted octanol–water partition coefficient (Wildman–Crippen LogP) is 2.39. The van der Waals surface area contributed by atoms with Crippen LogP contribution in [-0.4, -0.2) is 18.1 Å². The zero-order valence-electron chi connectivity index (χ0n) is 12.2. The molecule has 19 heavy (non-hydrogen) atoms. The molecule has 1 rings (SSSR count). The van der Waals surface area contributed by atoms with E-state index in [1.807, 2.05) is 52.0 Å². The summed E-state index contributed by atoms with van der Waals surface area (Å²) in [6, 6.07) is 7.46. The third kappa shape index (κ3) is 5.30. The van der Waals surface area contributed by atoms with E-state index in [0.29, 0.717) is 5.75 Å². The molecule has 0 bridgehead atoms. The number of nitrogens with two attached hydrogens (primary N) is 1. The van der Waals surface area contributed by atoms with Crippen molar-refractivity contribution in [3.05, 3.63) is 29.8 Å². The number of rotatable bonds is 6. The third-order valence-corrected chi connectivity index (χ3v) is 3.12. The second kappa shape index (κ2) is 6.57. The van der Waals surface area contributed by atoms with Crippen molar-refractivity contribution in [1.82, 2.24) is 5.32 Å². The highest BCUT2D eigenvalue weighted by molar-refractivity contribution is 5.78. The zero-order valence-corrected chi connectivity index (χ0v) is 12.2. The van der Waals surface area contributed by atoms with Gasteiger partial charge in [-0.3, -0.25) is 4.79 Å². The first kappa shape index (κ1) is 15.5. The van der Waals surface area contributed by atoms with E-state index in [1.165, 1.54) is 0 Å². The molecule has 1 amide bonds. The lowest BCUT2D eigenvalue weighted by atomic mass is 10.0. The Hall–Kier alpha value is -1.55. The summed E-state index contributed by atoms with van der Waals surface area (Å²) in [5.41, 5.74) is 6.60. The molecule has 3 N–H and O–H groups in total. The van der Waals surface area contributed by atoms with Gasteiger partial charge in [0.1, 0.15) is 5.75 Å². The van der Waals surface area contributed by atoms with Gasteiger partial charge in [0.05, 0.1) is 0 Å². The van der Waals surface area contributed by atoms with Crippen LogP contribution in [-0.2, 0) is 4.79 Å². The average Bonchev–Trinajstić information content (AvgIpc) is 2.36. The molecule has 0 aromatic heterocycles. The minimum absolute atomic E-state index is 0.0197. The number of benzene rings is 1. The molecule has 0 saturated heterocycles. The average molecular weight is 264 g/mol. The quantitative estimate of drug-likeness (QED) is 0.829. The Morgan fingerprint density at radius 1 is 1.47 bits per heavy atom. The molecule has 0 aliphatic carbocycles. The van der Waals surface area contributed by atoms with Crippen molar-refractivity contribution in [2.45, 2.75) is 45.7 Å². The first-order valence-corrected chi connectivity index (χ1v) is 6.63. The molecule has 4 heteroatoms. The number of hydrogen-bond donors (Lipinski definition) is 2. The second-order valence-corrected chi connectivity index (χ2v) is 5.44. The van der Waals surface area contributed by atoms with Gasteiger partial charge in [-0.1, -0.05) is 19.1 Å². The summed E-state index contributed by atoms with van der Waals surface area (Å²) in [5, 5.41) is 2.92. The minimum atomic E-state index is -0.200. The van der Waals surface area contributed by atoms with Crippen LogP contribution in [0, 0.1) is 0 Å². The zero-order chi connectivity index (χ0) is 14.5. The van der Waals surface area contributed by atoms with Crippen molar-refractivity contribution >= 4 is 5.91 Å². The van der Waals surface area contributed by atoms with E-state index in [4.69, 9.17) is 10.5 Å². The molecule has 106 valence electrons. The maximum Gasteiger partial charge on any atom is 0.258 e. The molecule has 0 aliphatic heterocycles. The van der Waals surface area contributed by atoms with Gasteiger partial charge < -0.3 is 15.8 Å². The van der Waals surface area contributed by atoms with Crippen LogP contribution >= 0.6 is 0 Å². The Balaban J connectivity index is 2.53. The molecule has 0 fully saturated rings. The maximum atomic E-state index is 11.7. The van der Waals surface area contributed by atoms with Gasteiger partial charge in [0, 0.05) is 11.6 Å². The molecule has 0 spiro atoms. The van der Waals surface area contributed by atoms with Crippen LogP contribution in [0.4, 0.5) is 0 Å². The molecule has 4 nitrogen and oxygen atoms in total. The van der Waals surface area contributed by atoms with Crippen LogP contribution in [0.15, 0.2) is 24.3 Å². The van der Waals surface area contributed by atoms with Crippen molar-refractivity contribution in [2.75, 3.05) is 6.61 Å². The SMILES string of the molecule is CCC(C)(C)NC(=O)COc1cccc(C(C)N)c1. The van der Waals surface area contributed by atoms with Crippen molar-refractivity contribution in [1.29, 1.82) is 0 Å². The standard InChI is InChI=1S/C15H24N2O2/c1-5-15(3,4)17-14(18)10-19-13-8-6-7-12(9-13)11(2)16/h6-9,11H,5,10,16H2,1-4H3,(H,17,18). The van der Waals surface area contributed by atoms with Crippen LogP contribution in [0.2, 0.25) is 0 Å². The van der Waals surface area contributed by atoms with E-state index in [-0.39, 0.29) is 24.1 Å².